The molecule has 0 aliphatic rings. The molecule has 0 radical (unpaired) electrons. The molecule has 28 heavy (non-hydrogen) atoms. The highest BCUT2D eigenvalue weighted by Gasteiger charge is 2.13. The van der Waals surface area contributed by atoms with Crippen LogP contribution in [0.25, 0.3) is 0 Å². The average Bonchev–Trinajstić information content (AvgIpc) is 2.61. The normalized spacial score (nSPS) is 11.7. The fourth-order valence-corrected chi connectivity index (χ4v) is 3.08. The Morgan fingerprint density at radius 1 is 0.571 bits per heavy atom. The summed E-state index contributed by atoms with van der Waals surface area (Å²) in [7, 11) is 0. The van der Waals surface area contributed by atoms with Gasteiger partial charge in [-0.15, -0.1) is 0 Å². The van der Waals surface area contributed by atoms with Gasteiger partial charge in [0.25, 0.3) is 0 Å². The third kappa shape index (κ3) is 20.7. The van der Waals surface area contributed by atoms with Gasteiger partial charge in [-0.05, 0) is 19.3 Å². The Bertz CT molecular complexity index is 421. The average molecular weight is 401 g/mol. The second-order valence-electron chi connectivity index (χ2n) is 7.41. The highest BCUT2D eigenvalue weighted by atomic mass is 16.6. The van der Waals surface area contributed by atoms with Crippen LogP contribution in [-0.4, -0.2) is 37.2 Å². The molecular weight excluding hydrogens is 360 g/mol. The first-order chi connectivity index (χ1) is 13.4. The van der Waals surface area contributed by atoms with Crippen molar-refractivity contribution in [1.82, 2.24) is 0 Å². The molecule has 164 valence electrons. The van der Waals surface area contributed by atoms with Crippen LogP contribution in [0.2, 0.25) is 0 Å². The molecule has 0 bridgehead atoms. The highest BCUT2D eigenvalue weighted by Crippen LogP contribution is 2.14. The van der Waals surface area contributed by atoms with Crippen LogP contribution >= 0.6 is 0 Å². The summed E-state index contributed by atoms with van der Waals surface area (Å²) in [6.07, 6.45) is 14.7. The molecule has 1 atom stereocenters. The standard InChI is InChI=1S/C22H40O6/c1-19(23)26-17-15-13-11-9-7-5-4-6-8-10-12-14-16-22(28-21(3)25)18-27-20(2)24/h22H,4-18H2,1-3H3/t22-/m1/s1. The van der Waals surface area contributed by atoms with Gasteiger partial charge in [0.15, 0.2) is 0 Å². The molecule has 0 spiro atoms. The monoisotopic (exact) mass is 400 g/mol. The van der Waals surface area contributed by atoms with Crippen LogP contribution in [0.1, 0.15) is 104 Å². The maximum atomic E-state index is 11.1. The number of carbonyl (C=O) groups is 3. The minimum absolute atomic E-state index is 0.151. The van der Waals surface area contributed by atoms with Crippen molar-refractivity contribution in [3.63, 3.8) is 0 Å². The number of unbranched alkanes of at least 4 members (excludes halogenated alkanes) is 11. The molecule has 0 aromatic carbocycles. The van der Waals surface area contributed by atoms with E-state index in [-0.39, 0.29) is 30.6 Å². The third-order valence-electron chi connectivity index (χ3n) is 4.53. The van der Waals surface area contributed by atoms with E-state index in [9.17, 15) is 14.4 Å². The largest absolute Gasteiger partial charge is 0.466 e. The van der Waals surface area contributed by atoms with Crippen molar-refractivity contribution in [2.45, 2.75) is 110 Å². The Labute approximate surface area is 170 Å². The second-order valence-corrected chi connectivity index (χ2v) is 7.41. The zero-order valence-electron chi connectivity index (χ0n) is 18.1. The van der Waals surface area contributed by atoms with Crippen LogP contribution in [0.4, 0.5) is 0 Å². The molecule has 6 nitrogen and oxygen atoms in total. The topological polar surface area (TPSA) is 78.9 Å². The number of rotatable bonds is 18. The summed E-state index contributed by atoms with van der Waals surface area (Å²) in [5, 5.41) is 0. The van der Waals surface area contributed by atoms with Crippen molar-refractivity contribution in [3.8, 4) is 0 Å². The molecule has 0 aliphatic carbocycles. The predicted molar refractivity (Wildman–Crippen MR) is 109 cm³/mol. The van der Waals surface area contributed by atoms with Crippen molar-refractivity contribution >= 4 is 17.9 Å². The van der Waals surface area contributed by atoms with Crippen molar-refractivity contribution in [3.05, 3.63) is 0 Å². The van der Waals surface area contributed by atoms with E-state index < -0.39 is 0 Å². The molecule has 0 aromatic heterocycles. The zero-order valence-corrected chi connectivity index (χ0v) is 18.1. The van der Waals surface area contributed by atoms with Gasteiger partial charge in [-0.2, -0.15) is 0 Å². The van der Waals surface area contributed by atoms with Gasteiger partial charge in [-0.25, -0.2) is 0 Å². The van der Waals surface area contributed by atoms with Gasteiger partial charge in [-0.3, -0.25) is 14.4 Å². The first-order valence-electron chi connectivity index (χ1n) is 10.9. The first kappa shape index (κ1) is 26.4. The lowest BCUT2D eigenvalue weighted by Crippen LogP contribution is -2.23. The Hall–Kier alpha value is -1.59. The van der Waals surface area contributed by atoms with Crippen LogP contribution in [0.5, 0.6) is 0 Å². The fourth-order valence-electron chi connectivity index (χ4n) is 3.08. The summed E-state index contributed by atoms with van der Waals surface area (Å²) in [4.78, 5) is 32.6. The molecule has 6 heteroatoms. The lowest BCUT2D eigenvalue weighted by molar-refractivity contribution is -0.156. The summed E-state index contributed by atoms with van der Waals surface area (Å²) in [5.41, 5.74) is 0. The molecule has 0 heterocycles. The van der Waals surface area contributed by atoms with Crippen LogP contribution in [-0.2, 0) is 28.6 Å². The second kappa shape index (κ2) is 18.8. The fraction of sp³-hybridized carbons (Fsp3) is 0.864. The number of hydrogen-bond donors (Lipinski definition) is 0. The quantitative estimate of drug-likeness (QED) is 0.181. The van der Waals surface area contributed by atoms with E-state index in [1.165, 1.54) is 72.1 Å². The van der Waals surface area contributed by atoms with Gasteiger partial charge < -0.3 is 14.2 Å². The van der Waals surface area contributed by atoms with Gasteiger partial charge >= 0.3 is 17.9 Å². The van der Waals surface area contributed by atoms with E-state index >= 15 is 0 Å². The van der Waals surface area contributed by atoms with E-state index in [4.69, 9.17) is 14.2 Å². The number of ether oxygens (including phenoxy) is 3. The minimum Gasteiger partial charge on any atom is -0.466 e. The van der Waals surface area contributed by atoms with Crippen LogP contribution in [0, 0.1) is 0 Å². The molecule has 0 fully saturated rings. The van der Waals surface area contributed by atoms with Gasteiger partial charge in [0.05, 0.1) is 6.61 Å². The molecule has 0 saturated carbocycles. The lowest BCUT2D eigenvalue weighted by atomic mass is 10.0. The molecule has 0 amide bonds. The van der Waals surface area contributed by atoms with E-state index in [0.29, 0.717) is 6.61 Å². The van der Waals surface area contributed by atoms with Crippen molar-refractivity contribution in [2.75, 3.05) is 13.2 Å². The molecule has 0 unspecified atom stereocenters. The summed E-state index contributed by atoms with van der Waals surface area (Å²) >= 11 is 0. The summed E-state index contributed by atoms with van der Waals surface area (Å²) in [5.74, 6) is -0.869. The summed E-state index contributed by atoms with van der Waals surface area (Å²) in [6.45, 7) is 4.89. The maximum absolute atomic E-state index is 11.1. The van der Waals surface area contributed by atoms with E-state index in [0.717, 1.165) is 32.1 Å². The van der Waals surface area contributed by atoms with Crippen molar-refractivity contribution in [1.29, 1.82) is 0 Å². The first-order valence-corrected chi connectivity index (χ1v) is 10.9. The summed E-state index contributed by atoms with van der Waals surface area (Å²) < 4.78 is 15.0. The van der Waals surface area contributed by atoms with Gasteiger partial charge in [0, 0.05) is 20.8 Å². The zero-order chi connectivity index (χ0) is 21.0. The number of esters is 3. The molecule has 0 rings (SSSR count). The Morgan fingerprint density at radius 3 is 1.43 bits per heavy atom. The third-order valence-corrected chi connectivity index (χ3v) is 4.53. The molecule has 0 saturated heterocycles. The van der Waals surface area contributed by atoms with E-state index in [1.54, 1.807) is 0 Å². The molecule has 0 aliphatic heterocycles. The highest BCUT2D eigenvalue weighted by molar-refractivity contribution is 5.67. The van der Waals surface area contributed by atoms with Crippen LogP contribution < -0.4 is 0 Å². The predicted octanol–water partition coefficient (Wildman–Crippen LogP) is 5.12. The number of hydrogen-bond acceptors (Lipinski definition) is 6. The minimum atomic E-state index is -0.348. The van der Waals surface area contributed by atoms with Gasteiger partial charge in [0.2, 0.25) is 0 Å². The van der Waals surface area contributed by atoms with Crippen molar-refractivity contribution in [2.24, 2.45) is 0 Å². The lowest BCUT2D eigenvalue weighted by Gasteiger charge is -2.16. The van der Waals surface area contributed by atoms with Gasteiger partial charge in [0.1, 0.15) is 12.7 Å². The Kier molecular flexibility index (Phi) is 17.7. The molecular formula is C22H40O6. The van der Waals surface area contributed by atoms with Gasteiger partial charge in [-0.1, -0.05) is 64.2 Å². The number of carbonyl (C=O) groups excluding carboxylic acids is 3. The Balaban J connectivity index is 3.40. The van der Waals surface area contributed by atoms with E-state index in [1.807, 2.05) is 0 Å². The van der Waals surface area contributed by atoms with Crippen LogP contribution in [0.15, 0.2) is 0 Å². The smallest absolute Gasteiger partial charge is 0.303 e. The Morgan fingerprint density at radius 2 is 1.00 bits per heavy atom. The maximum Gasteiger partial charge on any atom is 0.303 e. The SMILES string of the molecule is CC(=O)OCCCCCCCCCCCCCC[C@H](COC(C)=O)OC(C)=O. The van der Waals surface area contributed by atoms with Crippen molar-refractivity contribution < 1.29 is 28.6 Å². The molecule has 0 aromatic rings. The molecule has 0 N–H and O–H groups in total. The summed E-state index contributed by atoms with van der Waals surface area (Å²) in [6, 6.07) is 0. The van der Waals surface area contributed by atoms with Crippen LogP contribution in [0.3, 0.4) is 0 Å². The van der Waals surface area contributed by atoms with E-state index in [2.05, 4.69) is 0 Å².